The standard InChI is InChI=1S/C15H14N2O2S2/c1-2-3-8-17-14(19)12(21-15(17)20)11-9-6-4-5-7-10(9)16-13(11)18/h4-7,19H,2-3,8H2,1H3. The zero-order valence-electron chi connectivity index (χ0n) is 11.5. The Hall–Kier alpha value is -1.79. The molecule has 1 aliphatic rings. The van der Waals surface area contributed by atoms with E-state index in [-0.39, 0.29) is 11.8 Å². The van der Waals surface area contributed by atoms with Gasteiger partial charge in [0.1, 0.15) is 4.88 Å². The van der Waals surface area contributed by atoms with Crippen molar-refractivity contribution >= 4 is 35.0 Å². The predicted molar refractivity (Wildman–Crippen MR) is 84.5 cm³/mol. The number of carbonyl (C=O) groups is 1. The van der Waals surface area contributed by atoms with Crippen LogP contribution in [0.3, 0.4) is 0 Å². The summed E-state index contributed by atoms with van der Waals surface area (Å²) in [6.07, 6.45) is 1.95. The third-order valence-electron chi connectivity index (χ3n) is 3.44. The van der Waals surface area contributed by atoms with Gasteiger partial charge in [-0.15, -0.1) is 11.3 Å². The molecule has 0 aliphatic carbocycles. The fourth-order valence-corrected chi connectivity index (χ4v) is 3.75. The quantitative estimate of drug-likeness (QED) is 0.879. The van der Waals surface area contributed by atoms with Gasteiger partial charge < -0.3 is 5.11 Å². The number of thiazole rings is 1. The molecule has 0 radical (unpaired) electrons. The summed E-state index contributed by atoms with van der Waals surface area (Å²) in [5.41, 5.74) is 0.453. The molecule has 1 aromatic heterocycles. The number of fused-ring (bicyclic) bond motifs is 1. The normalized spacial score (nSPS) is 13.4. The van der Waals surface area contributed by atoms with E-state index < -0.39 is 0 Å². The summed E-state index contributed by atoms with van der Waals surface area (Å²) in [5.74, 6) is -0.237. The number of rotatable bonds is 4. The van der Waals surface area contributed by atoms with Gasteiger partial charge in [0.25, 0.3) is 5.91 Å². The Labute approximate surface area is 130 Å². The van der Waals surface area contributed by atoms with Crippen LogP contribution in [0.25, 0.3) is 5.57 Å². The van der Waals surface area contributed by atoms with Crippen LogP contribution in [0.2, 0.25) is 0 Å². The number of nitrogens with zero attached hydrogens (tertiary/aromatic N) is 2. The summed E-state index contributed by atoms with van der Waals surface area (Å²) >= 11 is 6.58. The van der Waals surface area contributed by atoms with Crippen LogP contribution in [0.1, 0.15) is 24.6 Å². The molecule has 0 saturated carbocycles. The molecule has 3 rings (SSSR count). The van der Waals surface area contributed by atoms with Gasteiger partial charge in [-0.2, -0.15) is 0 Å². The Balaban J connectivity index is 2.22. The Bertz CT molecular complexity index is 893. The summed E-state index contributed by atoms with van der Waals surface area (Å²) in [4.78, 5) is 16.7. The van der Waals surface area contributed by atoms with E-state index in [1.54, 1.807) is 10.6 Å². The van der Waals surface area contributed by atoms with Crippen LogP contribution in [0.15, 0.2) is 29.3 Å². The fourth-order valence-electron chi connectivity index (χ4n) is 2.36. The Kier molecular flexibility index (Phi) is 3.73. The molecule has 2 aromatic rings. The van der Waals surface area contributed by atoms with Gasteiger partial charge in [0.2, 0.25) is 5.88 Å². The molecule has 0 spiro atoms. The van der Waals surface area contributed by atoms with Crippen LogP contribution in [0, 0.1) is 3.95 Å². The number of unbranched alkanes of at least 4 members (excludes halogenated alkanes) is 1. The Morgan fingerprint density at radius 1 is 1.38 bits per heavy atom. The monoisotopic (exact) mass is 318 g/mol. The van der Waals surface area contributed by atoms with E-state index in [4.69, 9.17) is 12.2 Å². The molecule has 1 aromatic carbocycles. The molecule has 0 bridgehead atoms. The van der Waals surface area contributed by atoms with Crippen LogP contribution >= 0.6 is 23.6 Å². The van der Waals surface area contributed by atoms with Crippen molar-refractivity contribution in [2.45, 2.75) is 26.3 Å². The number of hydrogen-bond acceptors (Lipinski definition) is 4. The Morgan fingerprint density at radius 3 is 2.90 bits per heavy atom. The number of benzene rings is 1. The highest BCUT2D eigenvalue weighted by atomic mass is 32.1. The van der Waals surface area contributed by atoms with E-state index in [0.29, 0.717) is 26.3 Å². The van der Waals surface area contributed by atoms with E-state index >= 15 is 0 Å². The number of aromatic nitrogens is 1. The van der Waals surface area contributed by atoms with E-state index in [2.05, 4.69) is 11.9 Å². The number of hydrogen-bond donors (Lipinski definition) is 1. The van der Waals surface area contributed by atoms with Gasteiger partial charge in [0.15, 0.2) is 3.95 Å². The summed E-state index contributed by atoms with van der Waals surface area (Å²) in [6, 6.07) is 7.34. The number of amides is 1. The van der Waals surface area contributed by atoms with E-state index in [1.165, 1.54) is 11.3 Å². The zero-order chi connectivity index (χ0) is 15.0. The van der Waals surface area contributed by atoms with Gasteiger partial charge in [-0.1, -0.05) is 31.5 Å². The lowest BCUT2D eigenvalue weighted by molar-refractivity contribution is -0.112. The SMILES string of the molecule is CCCCn1c(O)c(C2=c3ccccc3=NC2=O)sc1=S. The van der Waals surface area contributed by atoms with Crippen molar-refractivity contribution in [3.63, 3.8) is 0 Å². The molecule has 1 aliphatic heterocycles. The highest BCUT2D eigenvalue weighted by Gasteiger charge is 2.24. The van der Waals surface area contributed by atoms with Crippen molar-refractivity contribution in [3.05, 3.63) is 43.7 Å². The van der Waals surface area contributed by atoms with Crippen LogP contribution in [-0.4, -0.2) is 15.6 Å². The zero-order valence-corrected chi connectivity index (χ0v) is 13.1. The van der Waals surface area contributed by atoms with Gasteiger partial charge in [0.05, 0.1) is 10.9 Å². The topological polar surface area (TPSA) is 54.6 Å². The summed E-state index contributed by atoms with van der Waals surface area (Å²) < 4.78 is 2.28. The molecule has 0 unspecified atom stereocenters. The van der Waals surface area contributed by atoms with Crippen LogP contribution < -0.4 is 10.6 Å². The highest BCUT2D eigenvalue weighted by Crippen LogP contribution is 2.32. The second kappa shape index (κ2) is 5.54. The molecule has 6 heteroatoms. The van der Waals surface area contributed by atoms with Crippen molar-refractivity contribution in [2.24, 2.45) is 4.99 Å². The van der Waals surface area contributed by atoms with Gasteiger partial charge >= 0.3 is 0 Å². The van der Waals surface area contributed by atoms with E-state index in [9.17, 15) is 9.90 Å². The van der Waals surface area contributed by atoms with Crippen LogP contribution in [0.4, 0.5) is 0 Å². The fraction of sp³-hybridized carbons (Fsp3) is 0.267. The predicted octanol–water partition coefficient (Wildman–Crippen LogP) is 2.14. The minimum atomic E-state index is -0.314. The summed E-state index contributed by atoms with van der Waals surface area (Å²) in [5, 5.41) is 11.8. The van der Waals surface area contributed by atoms with E-state index in [0.717, 1.165) is 18.1 Å². The lowest BCUT2D eigenvalue weighted by atomic mass is 10.1. The van der Waals surface area contributed by atoms with Crippen molar-refractivity contribution in [2.75, 3.05) is 0 Å². The number of carbonyl (C=O) groups excluding carboxylic acids is 1. The van der Waals surface area contributed by atoms with Crippen molar-refractivity contribution < 1.29 is 9.90 Å². The van der Waals surface area contributed by atoms with Crippen LogP contribution in [0.5, 0.6) is 5.88 Å². The first-order valence-corrected chi connectivity index (χ1v) is 8.01. The maximum Gasteiger partial charge on any atom is 0.279 e. The van der Waals surface area contributed by atoms with Gasteiger partial charge in [-0.05, 0) is 24.7 Å². The molecule has 2 heterocycles. The second-order valence-electron chi connectivity index (χ2n) is 4.83. The first-order chi connectivity index (χ1) is 10.1. The van der Waals surface area contributed by atoms with Crippen LogP contribution in [-0.2, 0) is 11.3 Å². The molecule has 0 atom stereocenters. The maximum atomic E-state index is 12.2. The summed E-state index contributed by atoms with van der Waals surface area (Å²) in [6.45, 7) is 2.75. The third-order valence-corrected chi connectivity index (χ3v) is 4.90. The van der Waals surface area contributed by atoms with Crippen molar-refractivity contribution in [1.29, 1.82) is 0 Å². The average Bonchev–Trinajstić information content (AvgIpc) is 2.93. The molecule has 0 fully saturated rings. The van der Waals surface area contributed by atoms with Crippen molar-refractivity contribution in [3.8, 4) is 5.88 Å². The largest absolute Gasteiger partial charge is 0.493 e. The Morgan fingerprint density at radius 2 is 2.14 bits per heavy atom. The molecule has 0 saturated heterocycles. The third kappa shape index (κ3) is 2.34. The molecule has 1 amide bonds. The van der Waals surface area contributed by atoms with Gasteiger partial charge in [0, 0.05) is 11.8 Å². The average molecular weight is 318 g/mol. The summed E-state index contributed by atoms with van der Waals surface area (Å²) in [7, 11) is 0. The highest BCUT2D eigenvalue weighted by molar-refractivity contribution is 7.73. The molecular weight excluding hydrogens is 304 g/mol. The van der Waals surface area contributed by atoms with Crippen molar-refractivity contribution in [1.82, 2.24) is 4.57 Å². The van der Waals surface area contributed by atoms with Gasteiger partial charge in [-0.3, -0.25) is 9.36 Å². The lowest BCUT2D eigenvalue weighted by Gasteiger charge is -2.03. The first kappa shape index (κ1) is 14.2. The molecule has 108 valence electrons. The molecule has 21 heavy (non-hydrogen) atoms. The first-order valence-electron chi connectivity index (χ1n) is 6.79. The number of aromatic hydroxyl groups is 1. The minimum absolute atomic E-state index is 0.0775. The maximum absolute atomic E-state index is 12.2. The number of para-hydroxylation sites is 1. The smallest absolute Gasteiger partial charge is 0.279 e. The molecule has 4 nitrogen and oxygen atoms in total. The van der Waals surface area contributed by atoms with Gasteiger partial charge in [-0.25, -0.2) is 4.99 Å². The van der Waals surface area contributed by atoms with E-state index in [1.807, 2.05) is 18.2 Å². The molecule has 1 N–H and O–H groups in total. The minimum Gasteiger partial charge on any atom is -0.493 e. The molecular formula is C15H14N2O2S2. The lowest BCUT2D eigenvalue weighted by Crippen LogP contribution is -2.22. The second-order valence-corrected chi connectivity index (χ2v) is 6.48.